The second kappa shape index (κ2) is 101. The van der Waals surface area contributed by atoms with Gasteiger partial charge in [-0.05, 0) is 10.8 Å². The molecule has 0 aliphatic rings. The molecule has 0 N–H and O–H groups in total. The van der Waals surface area contributed by atoms with Gasteiger partial charge in [0.25, 0.3) is 0 Å². The van der Waals surface area contributed by atoms with E-state index >= 15 is 0 Å². The van der Waals surface area contributed by atoms with Crippen LogP contribution in [0.4, 0.5) is 19.2 Å². The number of hydrogen-bond donors (Lipinski definition) is 0. The van der Waals surface area contributed by atoms with Crippen LogP contribution in [0.15, 0.2) is 0 Å². The minimum atomic E-state index is -1.50. The first-order valence-corrected chi connectivity index (χ1v) is 8.58. The van der Waals surface area contributed by atoms with Crippen molar-refractivity contribution < 1.29 is 276 Å². The number of hydrogen-bond acceptors (Lipinski definition) is 12. The standard InChI is InChI=1S/CH3Br.CH3I.4CH2O2S.8Na/c2*1-2;4*2-1(3)4;;;;;;;;/h2*1H3;4*4H,(H,2,3);;;;;;;;/q;;;;;;8*+1/p-8. The Labute approximate surface area is 386 Å². The van der Waals surface area contributed by atoms with E-state index in [0.29, 0.717) is 0 Å². The summed E-state index contributed by atoms with van der Waals surface area (Å²) < 4.78 is 0. The first kappa shape index (κ1) is 91.1. The minimum absolute atomic E-state index is 0. The number of carbonyl (C=O) groups excluding carboxylic acids is 4. The zero-order valence-electron chi connectivity index (χ0n) is 17.7. The maximum absolute atomic E-state index is 8.70. The van der Waals surface area contributed by atoms with Crippen LogP contribution >= 0.6 is 38.5 Å². The zero-order valence-corrected chi connectivity index (χ0v) is 40.7. The van der Waals surface area contributed by atoms with Gasteiger partial charge >= 0.3 is 236 Å². The largest absolute Gasteiger partial charge is 1.00 e. The van der Waals surface area contributed by atoms with Gasteiger partial charge in [0, 0.05) is 0 Å². The summed E-state index contributed by atoms with van der Waals surface area (Å²) in [4.78, 5) is 36.8. The van der Waals surface area contributed by atoms with Crippen LogP contribution < -0.4 is 257 Å². The molecule has 0 spiro atoms. The molecular weight excluding hydrogens is 719 g/mol. The van der Waals surface area contributed by atoms with E-state index in [-0.39, 0.29) is 236 Å². The van der Waals surface area contributed by atoms with E-state index in [1.807, 2.05) is 10.8 Å². The predicted molar refractivity (Wildman–Crippen MR) is 85.8 cm³/mol. The number of alkyl halides is 2. The van der Waals surface area contributed by atoms with Crippen LogP contribution in [0.3, 0.4) is 0 Å². The summed E-state index contributed by atoms with van der Waals surface area (Å²) >= 11 is 18.8. The summed E-state index contributed by atoms with van der Waals surface area (Å²) in [6.07, 6.45) is 0. The molecule has 22 heteroatoms. The van der Waals surface area contributed by atoms with E-state index in [4.69, 9.17) is 39.6 Å². The molecule has 0 aromatic heterocycles. The minimum Gasteiger partial charge on any atom is -0.764 e. The van der Waals surface area contributed by atoms with Crippen molar-refractivity contribution in [3.8, 4) is 0 Å². The van der Waals surface area contributed by atoms with Gasteiger partial charge in [0.1, 0.15) is 0 Å². The molecule has 0 aliphatic heterocycles. The molecule has 0 saturated carbocycles. The van der Waals surface area contributed by atoms with Gasteiger partial charge in [0.2, 0.25) is 0 Å². The molecule has 0 amide bonds. The fourth-order valence-corrected chi connectivity index (χ4v) is 0. The van der Waals surface area contributed by atoms with Crippen LogP contribution in [-0.2, 0) is 50.5 Å². The average Bonchev–Trinajstić information content (AvgIpc) is 2.19. The number of carbonyl (C=O) groups is 4. The van der Waals surface area contributed by atoms with Gasteiger partial charge in [-0.2, -0.15) is 0 Å². The maximum Gasteiger partial charge on any atom is 1.00 e. The monoisotopic (exact) mass is 724 g/mol. The molecule has 0 rings (SSSR count). The van der Waals surface area contributed by atoms with Crippen LogP contribution in [0, 0.1) is 0 Å². The normalized spacial score (nSPS) is 3.86. The van der Waals surface area contributed by atoms with E-state index in [1.165, 1.54) is 0 Å². The maximum atomic E-state index is 8.70. The molecule has 8 nitrogen and oxygen atoms in total. The van der Waals surface area contributed by atoms with Crippen LogP contribution in [-0.4, -0.2) is 32.0 Å². The molecule has 0 aromatic rings. The Morgan fingerprint density at radius 1 is 0.500 bits per heavy atom. The van der Waals surface area contributed by atoms with Crippen LogP contribution in [0.2, 0.25) is 0 Å². The second-order valence-electron chi connectivity index (χ2n) is 1.00. The second-order valence-corrected chi connectivity index (χ2v) is 2.33. The van der Waals surface area contributed by atoms with Crippen molar-refractivity contribution in [2.45, 2.75) is 0 Å². The van der Waals surface area contributed by atoms with Gasteiger partial charge < -0.3 is 90.1 Å². The van der Waals surface area contributed by atoms with Gasteiger partial charge in [-0.1, -0.05) is 59.7 Å². The zero-order chi connectivity index (χ0) is 18.3. The van der Waals surface area contributed by atoms with E-state index in [1.54, 1.807) is 0 Å². The fourth-order valence-electron chi connectivity index (χ4n) is 0. The van der Waals surface area contributed by atoms with Crippen molar-refractivity contribution >= 4 is 110 Å². The number of rotatable bonds is 0. The van der Waals surface area contributed by atoms with Crippen LogP contribution in [0.25, 0.3) is 0 Å². The Hall–Kier alpha value is 7.97. The predicted octanol–water partition coefficient (Wildman–Crippen LogP) is -26.4. The van der Waals surface area contributed by atoms with E-state index in [9.17, 15) is 0 Å². The van der Waals surface area contributed by atoms with Gasteiger partial charge in [-0.15, -0.1) is 0 Å². The SMILES string of the molecule is CBr.CI.O=C([O-])[S-].O=C([O-])[S-].O=C([O-])[S-].O=C([O-])[S-].[Na+].[Na+].[Na+].[Na+].[Na+].[Na+].[Na+].[Na+]. The number of carboxylic acid groups (broad SMARTS) is 4. The topological polar surface area (TPSA) is 161 Å². The molecular formula is C6H6BrINa8O8S4. The third kappa shape index (κ3) is 581. The van der Waals surface area contributed by atoms with Crippen molar-refractivity contribution in [1.82, 2.24) is 0 Å². The van der Waals surface area contributed by atoms with E-state index in [0.717, 1.165) is 0 Å². The molecule has 0 atom stereocenters. The molecule has 0 radical (unpaired) electrons. The van der Waals surface area contributed by atoms with Crippen molar-refractivity contribution in [3.05, 3.63) is 0 Å². The van der Waals surface area contributed by atoms with Gasteiger partial charge in [0.05, 0.1) is 0 Å². The molecule has 28 heavy (non-hydrogen) atoms. The van der Waals surface area contributed by atoms with E-state index < -0.39 is 21.2 Å². The van der Waals surface area contributed by atoms with Gasteiger partial charge in [-0.3, -0.25) is 0 Å². The van der Waals surface area contributed by atoms with Gasteiger partial charge in [-0.25, -0.2) is 0 Å². The summed E-state index contributed by atoms with van der Waals surface area (Å²) in [5.41, 5.74) is 0. The number of halogens is 2. The third-order valence-corrected chi connectivity index (χ3v) is 0. The summed E-state index contributed by atoms with van der Waals surface area (Å²) in [6, 6.07) is 0. The van der Waals surface area contributed by atoms with Crippen molar-refractivity contribution in [2.24, 2.45) is 0 Å². The summed E-state index contributed by atoms with van der Waals surface area (Å²) in [7, 11) is 0. The quantitative estimate of drug-likeness (QED) is 0.101. The van der Waals surface area contributed by atoms with E-state index in [2.05, 4.69) is 89.0 Å². The Morgan fingerprint density at radius 3 is 0.500 bits per heavy atom. The molecule has 124 valence electrons. The fraction of sp³-hybridized carbons (Fsp3) is 0.333. The summed E-state index contributed by atoms with van der Waals surface area (Å²) in [6.45, 7) is 0. The first-order valence-electron chi connectivity index (χ1n) is 3.21. The van der Waals surface area contributed by atoms with Crippen molar-refractivity contribution in [1.29, 1.82) is 0 Å². The first-order chi connectivity index (χ1) is 8.93. The Kier molecular flexibility index (Phi) is 329. The smallest absolute Gasteiger partial charge is 0.764 e. The molecule has 0 saturated heterocycles. The molecule has 0 bridgehead atoms. The molecule has 0 aliphatic carbocycles. The summed E-state index contributed by atoms with van der Waals surface area (Å²) in [5, 5.41) is 28.8. The average molecular weight is 725 g/mol. The Morgan fingerprint density at radius 2 is 0.500 bits per heavy atom. The molecule has 0 fully saturated rings. The molecule has 0 aromatic carbocycles. The Balaban J connectivity index is -0.00000000673. The molecule has 0 heterocycles. The van der Waals surface area contributed by atoms with Gasteiger partial charge in [0.15, 0.2) is 0 Å². The van der Waals surface area contributed by atoms with Crippen molar-refractivity contribution in [2.75, 3.05) is 10.8 Å². The van der Waals surface area contributed by atoms with Crippen LogP contribution in [0.5, 0.6) is 0 Å². The van der Waals surface area contributed by atoms with Crippen LogP contribution in [0.1, 0.15) is 0 Å². The van der Waals surface area contributed by atoms with Crippen molar-refractivity contribution in [3.63, 3.8) is 0 Å². The Bertz CT molecular complexity index is 203. The summed E-state index contributed by atoms with van der Waals surface area (Å²) in [5.74, 6) is 1.81. The third-order valence-electron chi connectivity index (χ3n) is 0. The molecule has 0 unspecified atom stereocenters.